The van der Waals surface area contributed by atoms with Crippen molar-refractivity contribution in [3.8, 4) is 21.6 Å². The van der Waals surface area contributed by atoms with E-state index in [1.54, 1.807) is 17.4 Å². The van der Waals surface area contributed by atoms with Crippen molar-refractivity contribution in [2.45, 2.75) is 63.2 Å². The lowest BCUT2D eigenvalue weighted by molar-refractivity contribution is 0.632. The number of rotatable bonds is 4. The molecule has 1 aromatic heterocycles. The zero-order valence-corrected chi connectivity index (χ0v) is 17.1. The molecular formula is C26H27FS. The van der Waals surface area contributed by atoms with Crippen LogP contribution in [0.4, 0.5) is 4.39 Å². The summed E-state index contributed by atoms with van der Waals surface area (Å²) in [5.74, 6) is 1.30. The van der Waals surface area contributed by atoms with Crippen LogP contribution < -0.4 is 0 Å². The van der Waals surface area contributed by atoms with E-state index in [2.05, 4.69) is 42.5 Å². The maximum absolute atomic E-state index is 14.9. The van der Waals surface area contributed by atoms with Gasteiger partial charge in [-0.05, 0) is 78.5 Å². The van der Waals surface area contributed by atoms with Crippen molar-refractivity contribution in [2.75, 3.05) is 0 Å². The number of thiophene rings is 1. The summed E-state index contributed by atoms with van der Waals surface area (Å²) in [4.78, 5) is 2.49. The van der Waals surface area contributed by atoms with Gasteiger partial charge in [0.25, 0.3) is 0 Å². The zero-order chi connectivity index (χ0) is 18.9. The van der Waals surface area contributed by atoms with Gasteiger partial charge in [0, 0.05) is 15.3 Å². The van der Waals surface area contributed by atoms with Gasteiger partial charge in [0.2, 0.25) is 0 Å². The minimum absolute atomic E-state index is 0.114. The summed E-state index contributed by atoms with van der Waals surface area (Å²) in [6, 6.07) is 18.8. The molecule has 3 aromatic rings. The van der Waals surface area contributed by atoms with E-state index in [1.165, 1.54) is 61.8 Å². The van der Waals surface area contributed by atoms with Gasteiger partial charge in [-0.2, -0.15) is 0 Å². The number of benzene rings is 2. The Morgan fingerprint density at radius 1 is 0.679 bits per heavy atom. The van der Waals surface area contributed by atoms with Gasteiger partial charge in [0.15, 0.2) is 0 Å². The number of halogens is 1. The summed E-state index contributed by atoms with van der Waals surface area (Å²) >= 11 is 1.78. The Morgan fingerprint density at radius 2 is 1.32 bits per heavy atom. The standard InChI is InChI=1S/C26H27FS/c27-24-17-22(20-11-9-19(10-12-20)18-5-1-2-6-18)13-14-23(24)26-16-15-25(28-26)21-7-3-4-8-21/h9-18,21H,1-8H2. The summed E-state index contributed by atoms with van der Waals surface area (Å²) in [6.45, 7) is 0. The second kappa shape index (κ2) is 7.83. The average molecular weight is 391 g/mol. The van der Waals surface area contributed by atoms with Gasteiger partial charge in [0.1, 0.15) is 5.82 Å². The average Bonchev–Trinajstić information content (AvgIpc) is 3.50. The molecule has 2 aliphatic rings. The first-order valence-corrected chi connectivity index (χ1v) is 11.6. The first kappa shape index (κ1) is 18.1. The Kier molecular flexibility index (Phi) is 5.07. The Morgan fingerprint density at radius 3 is 2.00 bits per heavy atom. The van der Waals surface area contributed by atoms with Crippen molar-refractivity contribution >= 4 is 11.3 Å². The van der Waals surface area contributed by atoms with Crippen molar-refractivity contribution < 1.29 is 4.39 Å². The molecule has 0 saturated heterocycles. The van der Waals surface area contributed by atoms with Crippen molar-refractivity contribution in [1.82, 2.24) is 0 Å². The van der Waals surface area contributed by atoms with Gasteiger partial charge in [0.05, 0.1) is 0 Å². The van der Waals surface area contributed by atoms with Crippen LogP contribution in [0.2, 0.25) is 0 Å². The molecule has 2 heteroatoms. The molecule has 28 heavy (non-hydrogen) atoms. The first-order valence-electron chi connectivity index (χ1n) is 10.8. The lowest BCUT2D eigenvalue weighted by atomic mass is 9.95. The highest BCUT2D eigenvalue weighted by Crippen LogP contribution is 2.41. The molecule has 2 aliphatic carbocycles. The second-order valence-corrected chi connectivity index (χ2v) is 9.60. The molecule has 0 radical (unpaired) electrons. The van der Waals surface area contributed by atoms with Crippen LogP contribution in [0, 0.1) is 5.82 Å². The maximum Gasteiger partial charge on any atom is 0.132 e. The smallest absolute Gasteiger partial charge is 0.132 e. The predicted molar refractivity (Wildman–Crippen MR) is 118 cm³/mol. The topological polar surface area (TPSA) is 0 Å². The van der Waals surface area contributed by atoms with Gasteiger partial charge >= 0.3 is 0 Å². The van der Waals surface area contributed by atoms with E-state index in [0.29, 0.717) is 5.92 Å². The Labute approximate surface area is 171 Å². The molecule has 0 N–H and O–H groups in total. The van der Waals surface area contributed by atoms with Gasteiger partial charge in [-0.25, -0.2) is 4.39 Å². The molecule has 2 aromatic carbocycles. The molecule has 0 aliphatic heterocycles. The van der Waals surface area contributed by atoms with Crippen LogP contribution >= 0.6 is 11.3 Å². The largest absolute Gasteiger partial charge is 0.206 e. The highest BCUT2D eigenvalue weighted by atomic mass is 32.1. The van der Waals surface area contributed by atoms with E-state index in [1.807, 2.05) is 6.07 Å². The summed E-state index contributed by atoms with van der Waals surface area (Å²) < 4.78 is 14.9. The predicted octanol–water partition coefficient (Wildman–Crippen LogP) is 8.54. The lowest BCUT2D eigenvalue weighted by Gasteiger charge is -2.11. The van der Waals surface area contributed by atoms with E-state index >= 15 is 0 Å². The highest BCUT2D eigenvalue weighted by Gasteiger charge is 2.20. The minimum Gasteiger partial charge on any atom is -0.206 e. The van der Waals surface area contributed by atoms with Crippen LogP contribution in [0.3, 0.4) is 0 Å². The molecule has 2 saturated carbocycles. The van der Waals surface area contributed by atoms with Crippen LogP contribution in [-0.2, 0) is 0 Å². The lowest BCUT2D eigenvalue weighted by Crippen LogP contribution is -1.92. The third-order valence-electron chi connectivity index (χ3n) is 6.69. The summed E-state index contributed by atoms with van der Waals surface area (Å²) in [7, 11) is 0. The molecule has 0 atom stereocenters. The van der Waals surface area contributed by atoms with Crippen molar-refractivity contribution in [2.24, 2.45) is 0 Å². The SMILES string of the molecule is Fc1cc(-c2ccc(C3CCCC3)cc2)ccc1-c1ccc(C2CCCC2)s1. The van der Waals surface area contributed by atoms with Gasteiger partial charge in [-0.1, -0.05) is 56.0 Å². The molecule has 0 bridgehead atoms. The molecule has 0 nitrogen and oxygen atoms in total. The normalized spacial score (nSPS) is 18.2. The van der Waals surface area contributed by atoms with E-state index in [-0.39, 0.29) is 5.82 Å². The molecule has 144 valence electrons. The fraction of sp³-hybridized carbons (Fsp3) is 0.385. The van der Waals surface area contributed by atoms with E-state index < -0.39 is 0 Å². The fourth-order valence-electron chi connectivity index (χ4n) is 5.03. The maximum atomic E-state index is 14.9. The first-order chi connectivity index (χ1) is 13.8. The van der Waals surface area contributed by atoms with E-state index in [4.69, 9.17) is 0 Å². The van der Waals surface area contributed by atoms with Crippen LogP contribution in [0.5, 0.6) is 0 Å². The third kappa shape index (κ3) is 3.55. The minimum atomic E-state index is -0.114. The van der Waals surface area contributed by atoms with Crippen molar-refractivity contribution in [3.63, 3.8) is 0 Å². The molecule has 0 spiro atoms. The molecule has 5 rings (SSSR count). The molecular weight excluding hydrogens is 363 g/mol. The summed E-state index contributed by atoms with van der Waals surface area (Å²) in [5.41, 5.74) is 4.24. The summed E-state index contributed by atoms with van der Waals surface area (Å²) in [6.07, 6.45) is 10.6. The molecule has 0 unspecified atom stereocenters. The van der Waals surface area contributed by atoms with Crippen LogP contribution in [0.1, 0.15) is 73.6 Å². The van der Waals surface area contributed by atoms with Gasteiger partial charge in [-0.3, -0.25) is 0 Å². The number of hydrogen-bond donors (Lipinski definition) is 0. The molecule has 1 heterocycles. The highest BCUT2D eigenvalue weighted by molar-refractivity contribution is 7.15. The van der Waals surface area contributed by atoms with Gasteiger partial charge in [-0.15, -0.1) is 11.3 Å². The second-order valence-electron chi connectivity index (χ2n) is 8.48. The Bertz CT molecular complexity index is 941. The Balaban J connectivity index is 1.37. The van der Waals surface area contributed by atoms with E-state index in [0.717, 1.165) is 27.5 Å². The van der Waals surface area contributed by atoms with Crippen molar-refractivity contribution in [1.29, 1.82) is 0 Å². The quantitative estimate of drug-likeness (QED) is 0.418. The Hall–Kier alpha value is -1.93. The van der Waals surface area contributed by atoms with Crippen LogP contribution in [0.25, 0.3) is 21.6 Å². The molecule has 0 amide bonds. The fourth-order valence-corrected chi connectivity index (χ4v) is 6.23. The number of hydrogen-bond acceptors (Lipinski definition) is 1. The van der Waals surface area contributed by atoms with E-state index in [9.17, 15) is 4.39 Å². The van der Waals surface area contributed by atoms with Gasteiger partial charge < -0.3 is 0 Å². The van der Waals surface area contributed by atoms with Crippen molar-refractivity contribution in [3.05, 3.63) is 70.9 Å². The summed E-state index contributed by atoms with van der Waals surface area (Å²) in [5, 5.41) is 0. The van der Waals surface area contributed by atoms with Crippen LogP contribution in [0.15, 0.2) is 54.6 Å². The third-order valence-corrected chi connectivity index (χ3v) is 7.97. The zero-order valence-electron chi connectivity index (χ0n) is 16.3. The monoisotopic (exact) mass is 390 g/mol. The van der Waals surface area contributed by atoms with Crippen LogP contribution in [-0.4, -0.2) is 0 Å². The molecule has 2 fully saturated rings.